The van der Waals surface area contributed by atoms with E-state index in [1.807, 2.05) is 13.0 Å². The molecular formula is C20H19F3N8O. The molecule has 9 nitrogen and oxygen atoms in total. The van der Waals surface area contributed by atoms with Crippen LogP contribution in [0.15, 0.2) is 42.7 Å². The van der Waals surface area contributed by atoms with E-state index in [2.05, 4.69) is 30.8 Å². The van der Waals surface area contributed by atoms with Crippen molar-refractivity contribution < 1.29 is 18.0 Å². The van der Waals surface area contributed by atoms with Crippen LogP contribution in [0.4, 0.5) is 24.7 Å². The van der Waals surface area contributed by atoms with Crippen LogP contribution in [0.3, 0.4) is 0 Å². The Morgan fingerprint density at radius 1 is 1.12 bits per heavy atom. The lowest BCUT2D eigenvalue weighted by Gasteiger charge is -2.16. The lowest BCUT2D eigenvalue weighted by atomic mass is 10.1. The van der Waals surface area contributed by atoms with Gasteiger partial charge in [0.25, 0.3) is 5.91 Å². The minimum Gasteiger partial charge on any atom is -0.362 e. The quantitative estimate of drug-likeness (QED) is 0.488. The number of hydrogen-bond donors (Lipinski definition) is 2. The maximum absolute atomic E-state index is 12.9. The molecule has 3 aromatic heterocycles. The van der Waals surface area contributed by atoms with Gasteiger partial charge in [0.2, 0.25) is 0 Å². The van der Waals surface area contributed by atoms with Gasteiger partial charge in [-0.15, -0.1) is 0 Å². The van der Waals surface area contributed by atoms with E-state index in [1.54, 1.807) is 42.3 Å². The molecule has 32 heavy (non-hydrogen) atoms. The Hall–Kier alpha value is -3.96. The number of carbonyl (C=O) groups is 1. The summed E-state index contributed by atoms with van der Waals surface area (Å²) in [6.07, 6.45) is -1.40. The first-order valence-electron chi connectivity index (χ1n) is 9.55. The van der Waals surface area contributed by atoms with E-state index in [0.29, 0.717) is 22.7 Å². The Balaban J connectivity index is 1.49. The van der Waals surface area contributed by atoms with Crippen LogP contribution in [0, 0.1) is 0 Å². The molecule has 2 N–H and O–H groups in total. The van der Waals surface area contributed by atoms with Gasteiger partial charge in [0.05, 0.1) is 18.4 Å². The molecule has 4 aromatic rings. The summed E-state index contributed by atoms with van der Waals surface area (Å²) in [6, 6.07) is 7.50. The molecule has 0 unspecified atom stereocenters. The van der Waals surface area contributed by atoms with Crippen molar-refractivity contribution in [3.63, 3.8) is 0 Å². The first kappa shape index (κ1) is 21.3. The fourth-order valence-corrected chi connectivity index (χ4v) is 3.19. The van der Waals surface area contributed by atoms with Crippen LogP contribution in [0.25, 0.3) is 11.2 Å². The monoisotopic (exact) mass is 444 g/mol. The number of nitrogens with one attached hydrogen (secondary N) is 2. The summed E-state index contributed by atoms with van der Waals surface area (Å²) in [7, 11) is 3.06. The summed E-state index contributed by atoms with van der Waals surface area (Å²) in [5, 5.41) is 13.3. The maximum atomic E-state index is 12.9. The standard InChI is InChI=1S/C20H19F3N8O/c1-11(26-17-10-24-14-9-25-31(3)18(14)28-17)12-5-4-6-13(7-12)27-19(32)15-8-16(20(21,22)23)29-30(15)2/h4-11H,1-3H3,(H,26,28)(H,27,32)/t11-/m0/s1. The first-order valence-corrected chi connectivity index (χ1v) is 9.55. The molecule has 0 aliphatic rings. The van der Waals surface area contributed by atoms with Gasteiger partial charge in [-0.1, -0.05) is 12.1 Å². The highest BCUT2D eigenvalue weighted by Crippen LogP contribution is 2.28. The van der Waals surface area contributed by atoms with Crippen molar-refractivity contribution >= 4 is 28.6 Å². The van der Waals surface area contributed by atoms with Crippen LogP contribution >= 0.6 is 0 Å². The second kappa shape index (κ2) is 7.94. The zero-order valence-corrected chi connectivity index (χ0v) is 17.3. The average molecular weight is 444 g/mol. The molecule has 0 saturated heterocycles. The molecule has 0 saturated carbocycles. The lowest BCUT2D eigenvalue weighted by molar-refractivity contribution is -0.141. The van der Waals surface area contributed by atoms with Crippen LogP contribution in [-0.2, 0) is 20.3 Å². The van der Waals surface area contributed by atoms with Crippen molar-refractivity contribution in [3.05, 3.63) is 59.7 Å². The van der Waals surface area contributed by atoms with Crippen molar-refractivity contribution in [2.24, 2.45) is 14.1 Å². The number of aryl methyl sites for hydroxylation is 2. The molecule has 166 valence electrons. The number of nitrogens with zero attached hydrogens (tertiary/aromatic N) is 6. The van der Waals surface area contributed by atoms with Gasteiger partial charge >= 0.3 is 6.18 Å². The Labute approximate surface area is 180 Å². The third kappa shape index (κ3) is 4.24. The van der Waals surface area contributed by atoms with Crippen molar-refractivity contribution in [1.82, 2.24) is 29.5 Å². The Morgan fingerprint density at radius 3 is 2.62 bits per heavy atom. The Kier molecular flexibility index (Phi) is 5.28. The second-order valence-electron chi connectivity index (χ2n) is 7.21. The normalized spacial score (nSPS) is 12.7. The van der Waals surface area contributed by atoms with Gasteiger partial charge in [-0.25, -0.2) is 14.6 Å². The van der Waals surface area contributed by atoms with Crippen LogP contribution < -0.4 is 10.6 Å². The van der Waals surface area contributed by atoms with E-state index in [9.17, 15) is 18.0 Å². The highest BCUT2D eigenvalue weighted by molar-refractivity contribution is 6.03. The van der Waals surface area contributed by atoms with Crippen molar-refractivity contribution in [2.45, 2.75) is 19.1 Å². The molecule has 0 bridgehead atoms. The molecule has 1 amide bonds. The SMILES string of the molecule is C[C@H](Nc1cnc2cnn(C)c2n1)c1cccc(NC(=O)c2cc(C(F)(F)F)nn2C)c1. The van der Waals surface area contributed by atoms with Crippen LogP contribution in [0.2, 0.25) is 0 Å². The molecule has 12 heteroatoms. The van der Waals surface area contributed by atoms with Crippen molar-refractivity contribution in [3.8, 4) is 0 Å². The van der Waals surface area contributed by atoms with E-state index >= 15 is 0 Å². The minimum absolute atomic E-state index is 0.194. The number of hydrogen-bond acceptors (Lipinski definition) is 6. The Bertz CT molecular complexity index is 1290. The highest BCUT2D eigenvalue weighted by Gasteiger charge is 2.35. The predicted octanol–water partition coefficient (Wildman–Crippen LogP) is 3.54. The smallest absolute Gasteiger partial charge is 0.362 e. The molecular weight excluding hydrogens is 425 g/mol. The van der Waals surface area contributed by atoms with Gasteiger partial charge in [0.15, 0.2) is 11.3 Å². The third-order valence-electron chi connectivity index (χ3n) is 4.85. The summed E-state index contributed by atoms with van der Waals surface area (Å²) in [5.41, 5.74) is 1.26. The third-order valence-corrected chi connectivity index (χ3v) is 4.85. The molecule has 0 aliphatic heterocycles. The van der Waals surface area contributed by atoms with Crippen LogP contribution in [0.1, 0.15) is 34.7 Å². The Morgan fingerprint density at radius 2 is 1.91 bits per heavy atom. The van der Waals surface area contributed by atoms with E-state index in [4.69, 9.17) is 0 Å². The summed E-state index contributed by atoms with van der Waals surface area (Å²) in [4.78, 5) is 21.3. The molecule has 1 atom stereocenters. The van der Waals surface area contributed by atoms with Gasteiger partial charge < -0.3 is 10.6 Å². The number of halogens is 3. The summed E-state index contributed by atoms with van der Waals surface area (Å²) in [5.74, 6) is -0.140. The molecule has 3 heterocycles. The summed E-state index contributed by atoms with van der Waals surface area (Å²) in [6.45, 7) is 1.91. The number of benzene rings is 1. The zero-order chi connectivity index (χ0) is 23.0. The van der Waals surface area contributed by atoms with Crippen LogP contribution in [0.5, 0.6) is 0 Å². The number of fused-ring (bicyclic) bond motifs is 1. The zero-order valence-electron chi connectivity index (χ0n) is 17.3. The van der Waals surface area contributed by atoms with Crippen LogP contribution in [-0.4, -0.2) is 35.4 Å². The minimum atomic E-state index is -4.63. The fraction of sp³-hybridized carbons (Fsp3) is 0.250. The number of carbonyl (C=O) groups excluding carboxylic acids is 1. The maximum Gasteiger partial charge on any atom is 0.435 e. The molecule has 0 aliphatic carbocycles. The van der Waals surface area contributed by atoms with Crippen molar-refractivity contribution in [1.29, 1.82) is 0 Å². The largest absolute Gasteiger partial charge is 0.435 e. The average Bonchev–Trinajstić information content (AvgIpc) is 3.31. The van der Waals surface area contributed by atoms with Gasteiger partial charge in [-0.3, -0.25) is 9.48 Å². The number of aromatic nitrogens is 6. The number of anilines is 2. The van der Waals surface area contributed by atoms with Gasteiger partial charge in [0, 0.05) is 25.8 Å². The molecule has 1 aromatic carbocycles. The van der Waals surface area contributed by atoms with E-state index in [1.165, 1.54) is 7.05 Å². The first-order chi connectivity index (χ1) is 15.1. The summed E-state index contributed by atoms with van der Waals surface area (Å²) < 4.78 is 41.1. The fourth-order valence-electron chi connectivity index (χ4n) is 3.19. The van der Waals surface area contributed by atoms with E-state index in [-0.39, 0.29) is 11.7 Å². The summed E-state index contributed by atoms with van der Waals surface area (Å²) >= 11 is 0. The second-order valence-corrected chi connectivity index (χ2v) is 7.21. The topological polar surface area (TPSA) is 103 Å². The van der Waals surface area contributed by atoms with E-state index in [0.717, 1.165) is 16.3 Å². The molecule has 0 spiro atoms. The number of amides is 1. The highest BCUT2D eigenvalue weighted by atomic mass is 19.4. The van der Waals surface area contributed by atoms with Gasteiger partial charge in [-0.2, -0.15) is 23.4 Å². The lowest BCUT2D eigenvalue weighted by Crippen LogP contribution is -2.16. The van der Waals surface area contributed by atoms with Gasteiger partial charge in [0.1, 0.15) is 17.0 Å². The number of alkyl halides is 3. The molecule has 4 rings (SSSR count). The molecule has 0 fully saturated rings. The predicted molar refractivity (Wildman–Crippen MR) is 111 cm³/mol. The van der Waals surface area contributed by atoms with E-state index < -0.39 is 17.8 Å². The number of rotatable bonds is 5. The van der Waals surface area contributed by atoms with Gasteiger partial charge in [-0.05, 0) is 24.6 Å². The van der Waals surface area contributed by atoms with Crippen molar-refractivity contribution in [2.75, 3.05) is 10.6 Å². The molecule has 0 radical (unpaired) electrons.